The Balaban J connectivity index is 1.30. The molecule has 0 atom stereocenters. The number of alkyl halides is 3. The molecular formula is C23H22F3N7O3. The Bertz CT molecular complexity index is 1260. The number of rotatable bonds is 5. The predicted octanol–water partition coefficient (Wildman–Crippen LogP) is 3.53. The third kappa shape index (κ3) is 4.81. The number of nitrogens with zero attached hydrogens (tertiary/aromatic N) is 5. The standard InChI is InChI=1S/C23H22F3N7O3/c24-23(25,26)20-15(11-19(34)29-18-5-8-28-31-18)12-27-21(30-20)32-9-6-16(7-10-32)33-17-4-2-1-3-14(17)13-36-22(33)35/h1-5,8,12,16H,6-7,9-11,13H2,(H2,28,29,31,34). The van der Waals surface area contributed by atoms with Crippen LogP contribution in [0.5, 0.6) is 0 Å². The van der Waals surface area contributed by atoms with Gasteiger partial charge in [-0.1, -0.05) is 18.2 Å². The van der Waals surface area contributed by atoms with Crippen LogP contribution < -0.4 is 15.1 Å². The summed E-state index contributed by atoms with van der Waals surface area (Å²) in [4.78, 5) is 35.9. The predicted molar refractivity (Wildman–Crippen MR) is 122 cm³/mol. The molecule has 3 aromatic rings. The molecule has 2 aliphatic rings. The second-order valence-corrected chi connectivity index (χ2v) is 8.51. The van der Waals surface area contributed by atoms with Crippen LogP contribution in [0.25, 0.3) is 0 Å². The number of benzene rings is 1. The highest BCUT2D eigenvalue weighted by atomic mass is 19.4. The topological polar surface area (TPSA) is 116 Å². The van der Waals surface area contributed by atoms with Crippen molar-refractivity contribution in [1.29, 1.82) is 0 Å². The second kappa shape index (κ2) is 9.47. The lowest BCUT2D eigenvalue weighted by molar-refractivity contribution is -0.141. The van der Waals surface area contributed by atoms with Crippen molar-refractivity contribution in [1.82, 2.24) is 20.2 Å². The highest BCUT2D eigenvalue weighted by molar-refractivity contribution is 5.92. The number of carbonyl (C=O) groups is 2. The van der Waals surface area contributed by atoms with Gasteiger partial charge in [0.1, 0.15) is 12.4 Å². The van der Waals surface area contributed by atoms with Crippen LogP contribution in [0, 0.1) is 0 Å². The number of halogens is 3. The van der Waals surface area contributed by atoms with Crippen molar-refractivity contribution in [3.63, 3.8) is 0 Å². The second-order valence-electron chi connectivity index (χ2n) is 8.51. The molecule has 4 heterocycles. The molecule has 0 bridgehead atoms. The van der Waals surface area contributed by atoms with E-state index in [4.69, 9.17) is 4.74 Å². The number of anilines is 3. The number of piperidine rings is 1. The molecule has 1 saturated heterocycles. The lowest BCUT2D eigenvalue weighted by Crippen LogP contribution is -2.49. The van der Waals surface area contributed by atoms with Gasteiger partial charge in [0.15, 0.2) is 5.69 Å². The molecule has 0 saturated carbocycles. The van der Waals surface area contributed by atoms with Gasteiger partial charge in [0.05, 0.1) is 18.3 Å². The molecule has 2 aliphatic heterocycles. The van der Waals surface area contributed by atoms with E-state index in [1.165, 1.54) is 12.3 Å². The molecule has 1 aromatic carbocycles. The van der Waals surface area contributed by atoms with Crippen molar-refractivity contribution in [3.8, 4) is 0 Å². The first-order valence-corrected chi connectivity index (χ1v) is 11.3. The maximum Gasteiger partial charge on any atom is 0.433 e. The van der Waals surface area contributed by atoms with Crippen LogP contribution >= 0.6 is 0 Å². The maximum absolute atomic E-state index is 13.8. The quantitative estimate of drug-likeness (QED) is 0.550. The van der Waals surface area contributed by atoms with Crippen molar-refractivity contribution in [2.45, 2.75) is 38.1 Å². The zero-order valence-electron chi connectivity index (χ0n) is 19.0. The monoisotopic (exact) mass is 501 g/mol. The number of hydrogen-bond donors (Lipinski definition) is 2. The van der Waals surface area contributed by atoms with Crippen LogP contribution in [-0.2, 0) is 28.7 Å². The number of aromatic amines is 1. The van der Waals surface area contributed by atoms with Gasteiger partial charge in [-0.2, -0.15) is 18.3 Å². The Kier molecular flexibility index (Phi) is 6.20. The van der Waals surface area contributed by atoms with Crippen LogP contribution in [0.3, 0.4) is 0 Å². The molecule has 0 aliphatic carbocycles. The molecule has 0 spiro atoms. The Labute approximate surface area is 203 Å². The minimum absolute atomic E-state index is 0.0693. The number of fused-ring (bicyclic) bond motifs is 1. The Morgan fingerprint density at radius 1 is 1.19 bits per heavy atom. The third-order valence-corrected chi connectivity index (χ3v) is 6.16. The molecule has 2 aromatic heterocycles. The van der Waals surface area contributed by atoms with E-state index in [2.05, 4.69) is 25.5 Å². The minimum atomic E-state index is -4.76. The van der Waals surface area contributed by atoms with Gasteiger partial charge in [-0.25, -0.2) is 14.8 Å². The molecule has 1 fully saturated rings. The highest BCUT2D eigenvalue weighted by Crippen LogP contribution is 2.34. The van der Waals surface area contributed by atoms with E-state index < -0.39 is 30.3 Å². The van der Waals surface area contributed by atoms with E-state index in [0.717, 1.165) is 17.4 Å². The molecular weight excluding hydrogens is 479 g/mol. The fraction of sp³-hybridized carbons (Fsp3) is 0.348. The summed E-state index contributed by atoms with van der Waals surface area (Å²) in [6, 6.07) is 8.80. The SMILES string of the molecule is O=C(Cc1cnc(N2CCC(N3C(=O)OCc4ccccc43)CC2)nc1C(F)(F)F)Nc1ccn[nH]1. The zero-order valence-corrected chi connectivity index (χ0v) is 19.0. The minimum Gasteiger partial charge on any atom is -0.444 e. The third-order valence-electron chi connectivity index (χ3n) is 6.16. The number of aromatic nitrogens is 4. The van der Waals surface area contributed by atoms with Crippen molar-refractivity contribution in [3.05, 3.63) is 59.5 Å². The van der Waals surface area contributed by atoms with E-state index in [1.807, 2.05) is 24.3 Å². The summed E-state index contributed by atoms with van der Waals surface area (Å²) in [7, 11) is 0. The van der Waals surface area contributed by atoms with Crippen LogP contribution in [0.4, 0.5) is 35.4 Å². The van der Waals surface area contributed by atoms with Gasteiger partial charge in [-0.3, -0.25) is 14.8 Å². The summed E-state index contributed by atoms with van der Waals surface area (Å²) in [5.41, 5.74) is 0.221. The molecule has 36 heavy (non-hydrogen) atoms. The summed E-state index contributed by atoms with van der Waals surface area (Å²) >= 11 is 0. The Morgan fingerprint density at radius 3 is 2.69 bits per heavy atom. The lowest BCUT2D eigenvalue weighted by atomic mass is 10.0. The van der Waals surface area contributed by atoms with E-state index in [0.29, 0.717) is 25.9 Å². The van der Waals surface area contributed by atoms with Crippen LogP contribution in [-0.4, -0.2) is 51.3 Å². The number of cyclic esters (lactones) is 1. The van der Waals surface area contributed by atoms with Crippen LogP contribution in [0.1, 0.15) is 29.7 Å². The van der Waals surface area contributed by atoms with E-state index in [-0.39, 0.29) is 30.0 Å². The summed E-state index contributed by atoms with van der Waals surface area (Å²) in [5, 5.41) is 8.63. The fourth-order valence-corrected chi connectivity index (χ4v) is 4.46. The lowest BCUT2D eigenvalue weighted by Gasteiger charge is -2.40. The molecule has 5 rings (SSSR count). The normalized spacial score (nSPS) is 16.5. The van der Waals surface area contributed by atoms with Crippen molar-refractivity contribution < 1.29 is 27.5 Å². The molecule has 188 valence electrons. The fourth-order valence-electron chi connectivity index (χ4n) is 4.46. The smallest absolute Gasteiger partial charge is 0.433 e. The van der Waals surface area contributed by atoms with Crippen molar-refractivity contribution >= 4 is 29.5 Å². The Morgan fingerprint density at radius 2 is 1.97 bits per heavy atom. The first-order valence-electron chi connectivity index (χ1n) is 11.3. The first-order chi connectivity index (χ1) is 17.3. The molecule has 0 radical (unpaired) electrons. The zero-order chi connectivity index (χ0) is 25.3. The van der Waals surface area contributed by atoms with Gasteiger partial charge in [-0.05, 0) is 18.9 Å². The summed E-state index contributed by atoms with van der Waals surface area (Å²) in [6.07, 6.45) is -2.29. The summed E-state index contributed by atoms with van der Waals surface area (Å²) < 4.78 is 46.7. The van der Waals surface area contributed by atoms with Crippen LogP contribution in [0.2, 0.25) is 0 Å². The molecule has 0 unspecified atom stereocenters. The maximum atomic E-state index is 13.8. The first kappa shape index (κ1) is 23.6. The van der Waals surface area contributed by atoms with Gasteiger partial charge in [0, 0.05) is 42.5 Å². The van der Waals surface area contributed by atoms with Gasteiger partial charge in [0.2, 0.25) is 11.9 Å². The number of H-pyrrole nitrogens is 1. The molecule has 2 N–H and O–H groups in total. The largest absolute Gasteiger partial charge is 0.444 e. The van der Waals surface area contributed by atoms with Gasteiger partial charge >= 0.3 is 12.3 Å². The van der Waals surface area contributed by atoms with Gasteiger partial charge in [-0.15, -0.1) is 0 Å². The number of para-hydroxylation sites is 1. The van der Waals surface area contributed by atoms with E-state index in [9.17, 15) is 22.8 Å². The van der Waals surface area contributed by atoms with Gasteiger partial charge in [0.25, 0.3) is 0 Å². The summed E-state index contributed by atoms with van der Waals surface area (Å²) in [6.45, 7) is 0.922. The average Bonchev–Trinajstić information content (AvgIpc) is 3.37. The number of carbonyl (C=O) groups excluding carboxylic acids is 2. The number of nitrogens with one attached hydrogen (secondary N) is 2. The molecule has 2 amide bonds. The Hall–Kier alpha value is -4.16. The molecule has 13 heteroatoms. The number of amides is 2. The van der Waals surface area contributed by atoms with Crippen LogP contribution in [0.15, 0.2) is 42.7 Å². The van der Waals surface area contributed by atoms with Crippen molar-refractivity contribution in [2.75, 3.05) is 28.2 Å². The molecule has 10 nitrogen and oxygen atoms in total. The highest BCUT2D eigenvalue weighted by Gasteiger charge is 2.38. The average molecular weight is 501 g/mol. The van der Waals surface area contributed by atoms with E-state index >= 15 is 0 Å². The number of hydrogen-bond acceptors (Lipinski definition) is 7. The summed E-state index contributed by atoms with van der Waals surface area (Å²) in [5.74, 6) is -0.454. The number of ether oxygens (including phenoxy) is 1. The van der Waals surface area contributed by atoms with Gasteiger partial charge < -0.3 is 15.0 Å². The van der Waals surface area contributed by atoms with E-state index in [1.54, 1.807) is 9.80 Å². The van der Waals surface area contributed by atoms with Crippen molar-refractivity contribution in [2.24, 2.45) is 0 Å².